The molecule has 0 aliphatic carbocycles. The van der Waals surface area contributed by atoms with E-state index in [1.54, 1.807) is 12.1 Å². The molecule has 2 N–H and O–H groups in total. The molecule has 1 unspecified atom stereocenters. The number of hydrogen-bond donors (Lipinski definition) is 2. The van der Waals surface area contributed by atoms with Crippen LogP contribution in [0.25, 0.3) is 0 Å². The van der Waals surface area contributed by atoms with Crippen molar-refractivity contribution in [3.05, 3.63) is 28.5 Å². The third kappa shape index (κ3) is 4.15. The maximum Gasteiger partial charge on any atom is 0.139 e. The summed E-state index contributed by atoms with van der Waals surface area (Å²) in [6.45, 7) is 0.584. The van der Waals surface area contributed by atoms with Crippen molar-refractivity contribution in [1.82, 2.24) is 0 Å². The van der Waals surface area contributed by atoms with Crippen molar-refractivity contribution >= 4 is 21.6 Å². The number of aliphatic hydroxyl groups is 1. The lowest BCUT2D eigenvalue weighted by Crippen LogP contribution is -2.24. The van der Waals surface area contributed by atoms with Crippen molar-refractivity contribution in [3.8, 4) is 0 Å². The van der Waals surface area contributed by atoms with E-state index in [1.807, 2.05) is 0 Å². The van der Waals surface area contributed by atoms with Crippen molar-refractivity contribution in [1.29, 1.82) is 0 Å². The summed E-state index contributed by atoms with van der Waals surface area (Å²) in [5.74, 6) is -0.332. The van der Waals surface area contributed by atoms with Crippen LogP contribution in [0.15, 0.2) is 22.7 Å². The van der Waals surface area contributed by atoms with Crippen molar-refractivity contribution in [3.63, 3.8) is 0 Å². The fourth-order valence-corrected chi connectivity index (χ4v) is 1.34. The van der Waals surface area contributed by atoms with Crippen LogP contribution in [0.1, 0.15) is 0 Å². The zero-order chi connectivity index (χ0) is 11.3. The Hall–Kier alpha value is -0.650. The third-order valence-electron chi connectivity index (χ3n) is 1.82. The molecule has 0 radical (unpaired) electrons. The number of ether oxygens (including phenoxy) is 1. The van der Waals surface area contributed by atoms with Crippen LogP contribution in [0, 0.1) is 5.82 Å². The van der Waals surface area contributed by atoms with Gasteiger partial charge in [0.2, 0.25) is 0 Å². The summed E-state index contributed by atoms with van der Waals surface area (Å²) >= 11 is 3.06. The number of methoxy groups -OCH3 is 1. The van der Waals surface area contributed by atoms with Gasteiger partial charge in [-0.2, -0.15) is 0 Å². The Morgan fingerprint density at radius 3 is 2.93 bits per heavy atom. The first kappa shape index (κ1) is 12.4. The number of aliphatic hydroxyl groups excluding tert-OH is 1. The molecule has 0 saturated heterocycles. The first-order valence-electron chi connectivity index (χ1n) is 4.49. The number of benzene rings is 1. The summed E-state index contributed by atoms with van der Waals surface area (Å²) in [5, 5.41) is 12.3. The lowest BCUT2D eigenvalue weighted by atomic mass is 10.3. The summed E-state index contributed by atoms with van der Waals surface area (Å²) in [4.78, 5) is 0. The maximum absolute atomic E-state index is 13.1. The molecule has 0 heterocycles. The van der Waals surface area contributed by atoms with Gasteiger partial charge in [0.15, 0.2) is 0 Å². The second kappa shape index (κ2) is 6.05. The van der Waals surface area contributed by atoms with Gasteiger partial charge in [0.1, 0.15) is 5.82 Å². The minimum Gasteiger partial charge on any atom is -0.389 e. The van der Waals surface area contributed by atoms with Gasteiger partial charge in [0.05, 0.1) is 17.2 Å². The molecule has 0 saturated carbocycles. The smallest absolute Gasteiger partial charge is 0.139 e. The molecule has 0 spiro atoms. The Labute approximate surface area is 96.4 Å². The molecule has 84 valence electrons. The van der Waals surface area contributed by atoms with Crippen LogP contribution in [0.3, 0.4) is 0 Å². The minimum absolute atomic E-state index is 0.256. The lowest BCUT2D eigenvalue weighted by Gasteiger charge is -2.11. The van der Waals surface area contributed by atoms with Gasteiger partial charge in [-0.25, -0.2) is 4.39 Å². The van der Waals surface area contributed by atoms with Crippen molar-refractivity contribution in [2.24, 2.45) is 0 Å². The summed E-state index contributed by atoms with van der Waals surface area (Å²) < 4.78 is 18.3. The highest BCUT2D eigenvalue weighted by atomic mass is 79.9. The van der Waals surface area contributed by atoms with E-state index >= 15 is 0 Å². The Bertz CT molecular complexity index is 322. The van der Waals surface area contributed by atoms with Gasteiger partial charge < -0.3 is 15.2 Å². The molecule has 0 fully saturated rings. The molecule has 1 atom stereocenters. The lowest BCUT2D eigenvalue weighted by molar-refractivity contribution is 0.0727. The molecule has 0 aliphatic heterocycles. The molecule has 1 aromatic carbocycles. The molecule has 0 aromatic heterocycles. The highest BCUT2D eigenvalue weighted by Gasteiger charge is 2.04. The molecule has 0 bridgehead atoms. The molecule has 0 amide bonds. The third-order valence-corrected chi connectivity index (χ3v) is 2.46. The second-order valence-electron chi connectivity index (χ2n) is 3.12. The van der Waals surface area contributed by atoms with Crippen LogP contribution >= 0.6 is 15.9 Å². The number of rotatable bonds is 5. The SMILES string of the molecule is COCC(O)CNc1ccc(Br)c(F)c1. The van der Waals surface area contributed by atoms with E-state index < -0.39 is 6.10 Å². The molecular formula is C10H13BrFNO2. The number of halogens is 2. The molecule has 1 aromatic rings. The molecule has 1 rings (SSSR count). The second-order valence-corrected chi connectivity index (χ2v) is 3.97. The van der Waals surface area contributed by atoms with E-state index in [2.05, 4.69) is 21.2 Å². The Morgan fingerprint density at radius 2 is 2.33 bits per heavy atom. The zero-order valence-corrected chi connectivity index (χ0v) is 9.92. The predicted molar refractivity (Wildman–Crippen MR) is 60.5 cm³/mol. The molecule has 0 aliphatic rings. The van der Waals surface area contributed by atoms with Gasteiger partial charge in [0.25, 0.3) is 0 Å². The van der Waals surface area contributed by atoms with Crippen LogP contribution in [0.2, 0.25) is 0 Å². The number of hydrogen-bond acceptors (Lipinski definition) is 3. The Kier molecular flexibility index (Phi) is 5.01. The van der Waals surface area contributed by atoms with E-state index in [-0.39, 0.29) is 12.4 Å². The summed E-state index contributed by atoms with van der Waals surface area (Å²) in [6.07, 6.45) is -0.596. The Morgan fingerprint density at radius 1 is 1.60 bits per heavy atom. The fraction of sp³-hybridized carbons (Fsp3) is 0.400. The van der Waals surface area contributed by atoms with Gasteiger partial charge in [-0.1, -0.05) is 0 Å². The molecular weight excluding hydrogens is 265 g/mol. The van der Waals surface area contributed by atoms with Gasteiger partial charge in [-0.15, -0.1) is 0 Å². The normalized spacial score (nSPS) is 12.5. The average molecular weight is 278 g/mol. The van der Waals surface area contributed by atoms with Crippen molar-refractivity contribution in [2.75, 3.05) is 25.6 Å². The number of nitrogens with one attached hydrogen (secondary N) is 1. The van der Waals surface area contributed by atoms with Crippen LogP contribution in [-0.4, -0.2) is 31.5 Å². The van der Waals surface area contributed by atoms with Gasteiger partial charge in [-0.3, -0.25) is 0 Å². The molecule has 5 heteroatoms. The minimum atomic E-state index is -0.596. The molecule has 15 heavy (non-hydrogen) atoms. The molecule has 3 nitrogen and oxygen atoms in total. The van der Waals surface area contributed by atoms with E-state index in [4.69, 9.17) is 4.74 Å². The average Bonchev–Trinajstić information content (AvgIpc) is 2.20. The first-order chi connectivity index (χ1) is 7.13. The van der Waals surface area contributed by atoms with E-state index in [9.17, 15) is 9.50 Å². The highest BCUT2D eigenvalue weighted by molar-refractivity contribution is 9.10. The predicted octanol–water partition coefficient (Wildman–Crippen LogP) is 2.01. The monoisotopic (exact) mass is 277 g/mol. The number of anilines is 1. The fourth-order valence-electron chi connectivity index (χ4n) is 1.09. The van der Waals surface area contributed by atoms with E-state index in [0.717, 1.165) is 0 Å². The van der Waals surface area contributed by atoms with Crippen LogP contribution in [0.5, 0.6) is 0 Å². The standard InChI is InChI=1S/C10H13BrFNO2/c1-15-6-8(14)5-13-7-2-3-9(11)10(12)4-7/h2-4,8,13-14H,5-6H2,1H3. The summed E-state index contributed by atoms with van der Waals surface area (Å²) in [6, 6.07) is 4.71. The van der Waals surface area contributed by atoms with Crippen molar-refractivity contribution < 1.29 is 14.2 Å². The summed E-state index contributed by atoms with van der Waals surface area (Å²) in [7, 11) is 1.52. The quantitative estimate of drug-likeness (QED) is 0.865. The van der Waals surface area contributed by atoms with E-state index in [0.29, 0.717) is 16.7 Å². The van der Waals surface area contributed by atoms with E-state index in [1.165, 1.54) is 13.2 Å². The van der Waals surface area contributed by atoms with Crippen LogP contribution < -0.4 is 5.32 Å². The first-order valence-corrected chi connectivity index (χ1v) is 5.28. The van der Waals surface area contributed by atoms with Crippen molar-refractivity contribution in [2.45, 2.75) is 6.10 Å². The van der Waals surface area contributed by atoms with Gasteiger partial charge >= 0.3 is 0 Å². The van der Waals surface area contributed by atoms with Gasteiger partial charge in [-0.05, 0) is 34.1 Å². The highest BCUT2D eigenvalue weighted by Crippen LogP contribution is 2.19. The summed E-state index contributed by atoms with van der Waals surface area (Å²) in [5.41, 5.74) is 0.630. The topological polar surface area (TPSA) is 41.5 Å². The Balaban J connectivity index is 2.47. The van der Waals surface area contributed by atoms with Gasteiger partial charge in [0, 0.05) is 19.3 Å². The maximum atomic E-state index is 13.1. The zero-order valence-electron chi connectivity index (χ0n) is 8.34. The van der Waals surface area contributed by atoms with Crippen LogP contribution in [0.4, 0.5) is 10.1 Å². The van der Waals surface area contributed by atoms with Crippen LogP contribution in [-0.2, 0) is 4.74 Å². The largest absolute Gasteiger partial charge is 0.389 e.